The van der Waals surface area contributed by atoms with Crippen LogP contribution in [0.15, 0.2) is 54.6 Å². The summed E-state index contributed by atoms with van der Waals surface area (Å²) in [5.74, 6) is -1.01. The molecule has 1 aliphatic heterocycles. The summed E-state index contributed by atoms with van der Waals surface area (Å²) >= 11 is 1.40. The Hall–Kier alpha value is -2.18. The van der Waals surface area contributed by atoms with Gasteiger partial charge < -0.3 is 5.11 Å². The molecule has 2 heterocycles. The van der Waals surface area contributed by atoms with Crippen molar-refractivity contribution in [2.24, 2.45) is 0 Å². The van der Waals surface area contributed by atoms with Crippen molar-refractivity contribution >= 4 is 37.9 Å². The molecule has 4 rings (SSSR count). The first kappa shape index (κ1) is 18.2. The zero-order valence-electron chi connectivity index (χ0n) is 14.7. The van der Waals surface area contributed by atoms with Crippen molar-refractivity contribution in [2.45, 2.75) is 30.4 Å². The van der Waals surface area contributed by atoms with Crippen molar-refractivity contribution in [1.29, 1.82) is 0 Å². The summed E-state index contributed by atoms with van der Waals surface area (Å²) in [6, 6.07) is 18.0. The average molecular weight is 401 g/mol. The van der Waals surface area contributed by atoms with E-state index in [1.807, 2.05) is 30.3 Å². The SMILES string of the molecule is O=C(O)CC1(c2ccc(-c3ccc4ccccc4c3)s2)CCCCS1(=O)=O. The minimum Gasteiger partial charge on any atom is -0.481 e. The van der Waals surface area contributed by atoms with Crippen LogP contribution >= 0.6 is 11.3 Å². The van der Waals surface area contributed by atoms with Gasteiger partial charge in [-0.05, 0) is 47.4 Å². The van der Waals surface area contributed by atoms with E-state index in [0.717, 1.165) is 27.6 Å². The number of hydrogen-bond acceptors (Lipinski definition) is 4. The summed E-state index contributed by atoms with van der Waals surface area (Å²) in [5, 5.41) is 11.7. The van der Waals surface area contributed by atoms with Crippen LogP contribution in [0.3, 0.4) is 0 Å². The minimum absolute atomic E-state index is 0.0590. The molecule has 1 N–H and O–H groups in total. The molecule has 1 unspecified atom stereocenters. The van der Waals surface area contributed by atoms with Gasteiger partial charge in [-0.25, -0.2) is 8.42 Å². The van der Waals surface area contributed by atoms with Crippen LogP contribution in [-0.4, -0.2) is 25.2 Å². The van der Waals surface area contributed by atoms with Crippen LogP contribution in [0.25, 0.3) is 21.2 Å². The second-order valence-corrected chi connectivity index (χ2v) is 10.6. The highest BCUT2D eigenvalue weighted by atomic mass is 32.2. The third kappa shape index (κ3) is 3.17. The smallest absolute Gasteiger partial charge is 0.305 e. The van der Waals surface area contributed by atoms with Crippen molar-refractivity contribution in [3.63, 3.8) is 0 Å². The maximum absolute atomic E-state index is 12.9. The zero-order valence-corrected chi connectivity index (χ0v) is 16.4. The number of fused-ring (bicyclic) bond motifs is 1. The predicted molar refractivity (Wildman–Crippen MR) is 109 cm³/mol. The molecule has 1 fully saturated rings. The van der Waals surface area contributed by atoms with Gasteiger partial charge in [0.15, 0.2) is 9.84 Å². The molecule has 6 heteroatoms. The Labute approximate surface area is 162 Å². The molecule has 0 spiro atoms. The first-order valence-corrected chi connectivity index (χ1v) is 11.4. The Morgan fingerprint density at radius 3 is 2.56 bits per heavy atom. The number of sulfone groups is 1. The van der Waals surface area contributed by atoms with E-state index >= 15 is 0 Å². The molecule has 1 atom stereocenters. The Balaban J connectivity index is 1.80. The number of aliphatic carboxylic acids is 1. The van der Waals surface area contributed by atoms with Crippen LogP contribution in [0.1, 0.15) is 30.6 Å². The highest BCUT2D eigenvalue weighted by Crippen LogP contribution is 2.47. The van der Waals surface area contributed by atoms with Crippen LogP contribution in [0, 0.1) is 0 Å². The molecule has 0 bridgehead atoms. The van der Waals surface area contributed by atoms with E-state index in [1.165, 1.54) is 11.3 Å². The van der Waals surface area contributed by atoms with E-state index in [2.05, 4.69) is 18.2 Å². The highest BCUT2D eigenvalue weighted by molar-refractivity contribution is 7.92. The fourth-order valence-electron chi connectivity index (χ4n) is 3.94. The molecule has 0 aliphatic carbocycles. The van der Waals surface area contributed by atoms with Crippen LogP contribution in [0.5, 0.6) is 0 Å². The summed E-state index contributed by atoms with van der Waals surface area (Å²) in [6.07, 6.45) is 1.34. The number of carbonyl (C=O) groups is 1. The maximum atomic E-state index is 12.9. The molecule has 4 nitrogen and oxygen atoms in total. The molecule has 27 heavy (non-hydrogen) atoms. The average Bonchev–Trinajstić information content (AvgIpc) is 3.13. The Kier molecular flexibility index (Phi) is 4.56. The van der Waals surface area contributed by atoms with Gasteiger partial charge in [0.2, 0.25) is 0 Å². The molecule has 2 aromatic carbocycles. The minimum atomic E-state index is -3.51. The fraction of sp³-hybridized carbons (Fsp3) is 0.286. The Morgan fingerprint density at radius 2 is 1.81 bits per heavy atom. The number of carboxylic acids is 1. The number of hydrogen-bond donors (Lipinski definition) is 1. The van der Waals surface area contributed by atoms with Gasteiger partial charge in [-0.3, -0.25) is 4.79 Å². The van der Waals surface area contributed by atoms with E-state index in [-0.39, 0.29) is 12.2 Å². The monoisotopic (exact) mass is 400 g/mol. The maximum Gasteiger partial charge on any atom is 0.305 e. The summed E-state index contributed by atoms with van der Waals surface area (Å²) < 4.78 is 24.5. The van der Waals surface area contributed by atoms with Crippen LogP contribution < -0.4 is 0 Å². The number of rotatable bonds is 4. The Morgan fingerprint density at radius 1 is 1.04 bits per heavy atom. The lowest BCUT2D eigenvalue weighted by atomic mass is 9.95. The lowest BCUT2D eigenvalue weighted by Crippen LogP contribution is -2.41. The van der Waals surface area contributed by atoms with E-state index in [0.29, 0.717) is 17.7 Å². The van der Waals surface area contributed by atoms with Gasteiger partial charge in [0.05, 0.1) is 12.2 Å². The third-order valence-corrected chi connectivity index (χ3v) is 9.42. The summed E-state index contributed by atoms with van der Waals surface area (Å²) in [4.78, 5) is 13.1. The normalized spacial score (nSPS) is 21.9. The van der Waals surface area contributed by atoms with Gasteiger partial charge in [-0.2, -0.15) is 0 Å². The lowest BCUT2D eigenvalue weighted by molar-refractivity contribution is -0.137. The van der Waals surface area contributed by atoms with Crippen LogP contribution in [0.2, 0.25) is 0 Å². The third-order valence-electron chi connectivity index (χ3n) is 5.36. The number of benzene rings is 2. The molecule has 0 saturated carbocycles. The lowest BCUT2D eigenvalue weighted by Gasteiger charge is -2.34. The van der Waals surface area contributed by atoms with Gasteiger partial charge in [0.1, 0.15) is 4.75 Å². The second kappa shape index (κ2) is 6.77. The van der Waals surface area contributed by atoms with E-state index in [9.17, 15) is 18.3 Å². The van der Waals surface area contributed by atoms with Crippen LogP contribution in [-0.2, 0) is 19.4 Å². The second-order valence-electron chi connectivity index (χ2n) is 7.07. The quantitative estimate of drug-likeness (QED) is 0.680. The molecule has 1 saturated heterocycles. The van der Waals surface area contributed by atoms with E-state index in [4.69, 9.17) is 0 Å². The zero-order chi connectivity index (χ0) is 19.1. The number of carboxylic acid groups (broad SMARTS) is 1. The summed E-state index contributed by atoms with van der Waals surface area (Å²) in [6.45, 7) is 0. The van der Waals surface area contributed by atoms with E-state index in [1.54, 1.807) is 6.07 Å². The molecule has 140 valence electrons. The first-order valence-electron chi connectivity index (χ1n) is 8.95. The molecule has 0 amide bonds. The molecule has 3 aromatic rings. The molecule has 0 radical (unpaired) electrons. The first-order chi connectivity index (χ1) is 12.9. The highest BCUT2D eigenvalue weighted by Gasteiger charge is 2.49. The summed E-state index contributed by atoms with van der Waals surface area (Å²) in [5.41, 5.74) is 1.02. The predicted octanol–water partition coefficient (Wildman–Crippen LogP) is 4.84. The van der Waals surface area contributed by atoms with Crippen molar-refractivity contribution in [1.82, 2.24) is 0 Å². The molecular formula is C21H20O4S2. The molecule has 1 aliphatic rings. The van der Waals surface area contributed by atoms with Gasteiger partial charge in [0, 0.05) is 9.75 Å². The molecule has 1 aromatic heterocycles. The Bertz CT molecular complexity index is 1110. The van der Waals surface area contributed by atoms with Gasteiger partial charge >= 0.3 is 5.97 Å². The largest absolute Gasteiger partial charge is 0.481 e. The molecular weight excluding hydrogens is 380 g/mol. The topological polar surface area (TPSA) is 71.4 Å². The van der Waals surface area contributed by atoms with Crippen molar-refractivity contribution in [2.75, 3.05) is 5.75 Å². The van der Waals surface area contributed by atoms with Gasteiger partial charge in [0.25, 0.3) is 0 Å². The van der Waals surface area contributed by atoms with Crippen molar-refractivity contribution in [3.05, 3.63) is 59.5 Å². The number of thiophene rings is 1. The summed E-state index contributed by atoms with van der Waals surface area (Å²) in [7, 11) is -3.51. The van der Waals surface area contributed by atoms with Crippen LogP contribution in [0.4, 0.5) is 0 Å². The fourth-order valence-corrected chi connectivity index (χ4v) is 7.71. The van der Waals surface area contributed by atoms with Crippen molar-refractivity contribution in [3.8, 4) is 10.4 Å². The standard InChI is InChI=1S/C21H20O4S2/c22-20(23)14-21(11-3-4-12-27(21,24)25)19-10-9-18(26-19)17-8-7-15-5-1-2-6-16(15)13-17/h1-2,5-10,13H,3-4,11-12,14H2,(H,22,23). The van der Waals surface area contributed by atoms with Gasteiger partial charge in [-0.15, -0.1) is 11.3 Å². The van der Waals surface area contributed by atoms with E-state index < -0.39 is 20.6 Å². The van der Waals surface area contributed by atoms with Crippen molar-refractivity contribution < 1.29 is 18.3 Å². The van der Waals surface area contributed by atoms with Gasteiger partial charge in [-0.1, -0.05) is 42.8 Å².